The number of rotatable bonds is 6. The summed E-state index contributed by atoms with van der Waals surface area (Å²) in [6, 6.07) is 15.5. The standard InChI is InChI=1S/C22H21N3O4/c1-14-4-6-16(7-5-14)24-22(27)19-12-15(10-11-23-19)21(26)25-18-13-17(28-2)8-9-20(18)29-3/h4-13H,1-3H3,(H,24,27)(H,25,26). The van der Waals surface area contributed by atoms with Gasteiger partial charge in [-0.1, -0.05) is 17.7 Å². The van der Waals surface area contributed by atoms with Crippen LogP contribution in [0.2, 0.25) is 0 Å². The van der Waals surface area contributed by atoms with Gasteiger partial charge in [-0.3, -0.25) is 14.6 Å². The maximum Gasteiger partial charge on any atom is 0.274 e. The van der Waals surface area contributed by atoms with Crippen molar-refractivity contribution in [3.05, 3.63) is 77.6 Å². The molecule has 7 nitrogen and oxygen atoms in total. The number of carbonyl (C=O) groups is 2. The molecule has 29 heavy (non-hydrogen) atoms. The highest BCUT2D eigenvalue weighted by Crippen LogP contribution is 2.29. The lowest BCUT2D eigenvalue weighted by Gasteiger charge is -2.12. The first-order valence-electron chi connectivity index (χ1n) is 8.87. The molecule has 148 valence electrons. The average molecular weight is 391 g/mol. The van der Waals surface area contributed by atoms with Crippen molar-refractivity contribution in [1.82, 2.24) is 4.98 Å². The molecule has 3 aromatic rings. The van der Waals surface area contributed by atoms with Crippen LogP contribution in [0, 0.1) is 6.92 Å². The van der Waals surface area contributed by atoms with Crippen molar-refractivity contribution < 1.29 is 19.1 Å². The summed E-state index contributed by atoms with van der Waals surface area (Å²) in [6.45, 7) is 1.96. The van der Waals surface area contributed by atoms with Gasteiger partial charge in [-0.15, -0.1) is 0 Å². The van der Waals surface area contributed by atoms with Crippen LogP contribution >= 0.6 is 0 Å². The van der Waals surface area contributed by atoms with E-state index in [1.165, 1.54) is 32.5 Å². The number of ether oxygens (including phenoxy) is 2. The van der Waals surface area contributed by atoms with Gasteiger partial charge in [0.15, 0.2) is 0 Å². The number of aryl methyl sites for hydroxylation is 1. The van der Waals surface area contributed by atoms with E-state index in [2.05, 4.69) is 15.6 Å². The zero-order valence-electron chi connectivity index (χ0n) is 16.4. The summed E-state index contributed by atoms with van der Waals surface area (Å²) in [5.74, 6) is 0.269. The SMILES string of the molecule is COc1ccc(OC)c(NC(=O)c2ccnc(C(=O)Nc3ccc(C)cc3)c2)c1. The van der Waals surface area contributed by atoms with Crippen molar-refractivity contribution in [1.29, 1.82) is 0 Å². The van der Waals surface area contributed by atoms with Crippen molar-refractivity contribution in [3.8, 4) is 11.5 Å². The highest BCUT2D eigenvalue weighted by Gasteiger charge is 2.14. The van der Waals surface area contributed by atoms with Crippen molar-refractivity contribution in [2.45, 2.75) is 6.92 Å². The minimum Gasteiger partial charge on any atom is -0.497 e. The topological polar surface area (TPSA) is 89.6 Å². The number of nitrogens with zero attached hydrogens (tertiary/aromatic N) is 1. The molecule has 7 heteroatoms. The van der Waals surface area contributed by atoms with E-state index in [4.69, 9.17) is 9.47 Å². The Bertz CT molecular complexity index is 1030. The third-order valence-corrected chi connectivity index (χ3v) is 4.22. The Labute approximate surface area is 168 Å². The fourth-order valence-corrected chi connectivity index (χ4v) is 2.63. The average Bonchev–Trinajstić information content (AvgIpc) is 2.75. The maximum atomic E-state index is 12.7. The first-order valence-corrected chi connectivity index (χ1v) is 8.87. The number of pyridine rings is 1. The largest absolute Gasteiger partial charge is 0.497 e. The lowest BCUT2D eigenvalue weighted by molar-refractivity contribution is 0.102. The highest BCUT2D eigenvalue weighted by atomic mass is 16.5. The van der Waals surface area contributed by atoms with E-state index in [0.717, 1.165) is 5.56 Å². The molecule has 1 aromatic heterocycles. The van der Waals surface area contributed by atoms with Crippen LogP contribution in [0.4, 0.5) is 11.4 Å². The number of nitrogens with one attached hydrogen (secondary N) is 2. The Balaban J connectivity index is 1.77. The molecule has 0 radical (unpaired) electrons. The predicted molar refractivity (Wildman–Crippen MR) is 111 cm³/mol. The summed E-state index contributed by atoms with van der Waals surface area (Å²) in [5, 5.41) is 5.54. The summed E-state index contributed by atoms with van der Waals surface area (Å²) >= 11 is 0. The van der Waals surface area contributed by atoms with Crippen LogP contribution in [0.25, 0.3) is 0 Å². The van der Waals surface area contributed by atoms with Gasteiger partial charge in [-0.2, -0.15) is 0 Å². The summed E-state index contributed by atoms with van der Waals surface area (Å²) in [4.78, 5) is 29.2. The van der Waals surface area contributed by atoms with Crippen molar-refractivity contribution in [2.24, 2.45) is 0 Å². The van der Waals surface area contributed by atoms with Crippen LogP contribution in [0.1, 0.15) is 26.4 Å². The summed E-state index contributed by atoms with van der Waals surface area (Å²) in [5.41, 5.74) is 2.63. The molecule has 0 aliphatic carbocycles. The summed E-state index contributed by atoms with van der Waals surface area (Å²) in [6.07, 6.45) is 1.42. The number of methoxy groups -OCH3 is 2. The van der Waals surface area contributed by atoms with Crippen LogP contribution < -0.4 is 20.1 Å². The number of amides is 2. The molecule has 0 aliphatic heterocycles. The molecule has 2 N–H and O–H groups in total. The fourth-order valence-electron chi connectivity index (χ4n) is 2.63. The van der Waals surface area contributed by atoms with E-state index in [0.29, 0.717) is 28.4 Å². The third kappa shape index (κ3) is 4.90. The maximum absolute atomic E-state index is 12.7. The summed E-state index contributed by atoms with van der Waals surface area (Å²) in [7, 11) is 3.05. The van der Waals surface area contributed by atoms with Gasteiger partial charge < -0.3 is 20.1 Å². The number of benzene rings is 2. The second kappa shape index (κ2) is 8.88. The van der Waals surface area contributed by atoms with Gasteiger partial charge >= 0.3 is 0 Å². The predicted octanol–water partition coefficient (Wildman–Crippen LogP) is 3.91. The van der Waals surface area contributed by atoms with Crippen molar-refractivity contribution >= 4 is 23.2 Å². The first-order chi connectivity index (χ1) is 14.0. The Morgan fingerprint density at radius 2 is 1.62 bits per heavy atom. The molecular weight excluding hydrogens is 370 g/mol. The molecule has 3 rings (SSSR count). The van der Waals surface area contributed by atoms with Crippen molar-refractivity contribution in [2.75, 3.05) is 24.9 Å². The minimum absolute atomic E-state index is 0.135. The number of anilines is 2. The zero-order valence-corrected chi connectivity index (χ0v) is 16.4. The van der Waals surface area contributed by atoms with E-state index in [-0.39, 0.29) is 5.69 Å². The van der Waals surface area contributed by atoms with Gasteiger partial charge in [0.1, 0.15) is 17.2 Å². The van der Waals surface area contributed by atoms with E-state index in [1.807, 2.05) is 19.1 Å². The Hall–Kier alpha value is -3.87. The van der Waals surface area contributed by atoms with Gasteiger partial charge in [0.05, 0.1) is 19.9 Å². The Morgan fingerprint density at radius 1 is 0.862 bits per heavy atom. The van der Waals surface area contributed by atoms with E-state index >= 15 is 0 Å². The highest BCUT2D eigenvalue weighted by molar-refractivity contribution is 6.08. The van der Waals surface area contributed by atoms with Crippen molar-refractivity contribution in [3.63, 3.8) is 0 Å². The Kier molecular flexibility index (Phi) is 6.09. The fraction of sp³-hybridized carbons (Fsp3) is 0.136. The second-order valence-corrected chi connectivity index (χ2v) is 6.27. The normalized spacial score (nSPS) is 10.2. The van der Waals surface area contributed by atoms with Crippen LogP contribution in [0.3, 0.4) is 0 Å². The molecule has 0 spiro atoms. The molecule has 0 saturated heterocycles. The molecule has 0 saturated carbocycles. The molecule has 2 amide bonds. The number of hydrogen-bond donors (Lipinski definition) is 2. The van der Waals surface area contributed by atoms with Gasteiger partial charge in [-0.25, -0.2) is 0 Å². The Morgan fingerprint density at radius 3 is 2.31 bits per heavy atom. The minimum atomic E-state index is -0.400. The third-order valence-electron chi connectivity index (χ3n) is 4.22. The van der Waals surface area contributed by atoms with Gasteiger partial charge in [0.25, 0.3) is 11.8 Å². The molecule has 0 unspecified atom stereocenters. The number of hydrogen-bond acceptors (Lipinski definition) is 5. The monoisotopic (exact) mass is 391 g/mol. The number of carbonyl (C=O) groups excluding carboxylic acids is 2. The molecule has 0 aliphatic rings. The molecule has 2 aromatic carbocycles. The molecule has 1 heterocycles. The lowest BCUT2D eigenvalue weighted by atomic mass is 10.2. The van der Waals surface area contributed by atoms with Crippen LogP contribution in [-0.2, 0) is 0 Å². The second-order valence-electron chi connectivity index (χ2n) is 6.27. The molecular formula is C22H21N3O4. The van der Waals surface area contributed by atoms with Gasteiger partial charge in [0.2, 0.25) is 0 Å². The smallest absolute Gasteiger partial charge is 0.274 e. The van der Waals surface area contributed by atoms with E-state index < -0.39 is 11.8 Å². The molecule has 0 atom stereocenters. The van der Waals surface area contributed by atoms with Gasteiger partial charge in [-0.05, 0) is 43.3 Å². The zero-order chi connectivity index (χ0) is 20.8. The quantitative estimate of drug-likeness (QED) is 0.665. The molecule has 0 fully saturated rings. The number of aromatic nitrogens is 1. The van der Waals surface area contributed by atoms with E-state index in [9.17, 15) is 9.59 Å². The van der Waals surface area contributed by atoms with Gasteiger partial charge in [0, 0.05) is 23.5 Å². The van der Waals surface area contributed by atoms with Crippen LogP contribution in [-0.4, -0.2) is 31.0 Å². The summed E-state index contributed by atoms with van der Waals surface area (Å²) < 4.78 is 10.5. The molecule has 0 bridgehead atoms. The van der Waals surface area contributed by atoms with Crippen LogP contribution in [0.15, 0.2) is 60.8 Å². The van der Waals surface area contributed by atoms with E-state index in [1.54, 1.807) is 30.3 Å². The lowest BCUT2D eigenvalue weighted by Crippen LogP contribution is -2.17. The van der Waals surface area contributed by atoms with Crippen LogP contribution in [0.5, 0.6) is 11.5 Å². The first kappa shape index (κ1) is 19.9.